The van der Waals surface area contributed by atoms with E-state index in [1.54, 1.807) is 0 Å². The Kier molecular flexibility index (Phi) is 4.58. The van der Waals surface area contributed by atoms with Crippen LogP contribution in [0.1, 0.15) is 0 Å². The Balaban J connectivity index is 0.00000196. The first-order chi connectivity index (χ1) is 6.56. The van der Waals surface area contributed by atoms with Gasteiger partial charge in [0.05, 0.1) is 9.85 Å². The van der Waals surface area contributed by atoms with Crippen LogP contribution in [-0.2, 0) is 0 Å². The molecule has 0 radical (unpaired) electrons. The van der Waals surface area contributed by atoms with E-state index in [1.165, 1.54) is 6.07 Å². The lowest BCUT2D eigenvalue weighted by molar-refractivity contribution is -0.589. The third kappa shape index (κ3) is 2.84. The molecule has 4 N–H and O–H groups in total. The summed E-state index contributed by atoms with van der Waals surface area (Å²) >= 11 is 0. The molecule has 0 fully saturated rings. The van der Waals surface area contributed by atoms with Crippen molar-refractivity contribution in [2.24, 2.45) is 5.84 Å². The minimum absolute atomic E-state index is 0. The van der Waals surface area contributed by atoms with Crippen molar-refractivity contribution in [3.05, 3.63) is 38.4 Å². The van der Waals surface area contributed by atoms with Gasteiger partial charge in [0.15, 0.2) is 0 Å². The number of quaternary nitrogens is 1. The highest BCUT2D eigenvalue weighted by Crippen LogP contribution is 2.24. The van der Waals surface area contributed by atoms with Gasteiger partial charge in [-0.15, -0.1) is 12.4 Å². The standard InChI is InChI=1S/C6H6N4O4.ClH/c7-8-5-2-1-4(9(11)12)3-6(5)10(13)14;/h1-3,8H,7H2;1H/p+1. The molecule has 0 atom stereocenters. The Morgan fingerprint density at radius 2 is 1.80 bits per heavy atom. The van der Waals surface area contributed by atoms with Gasteiger partial charge in [-0.25, -0.2) is 5.43 Å². The zero-order valence-electron chi connectivity index (χ0n) is 7.32. The van der Waals surface area contributed by atoms with Crippen LogP contribution in [0.25, 0.3) is 0 Å². The summed E-state index contributed by atoms with van der Waals surface area (Å²) in [5.74, 6) is 5.12. The molecular weight excluding hydrogens is 228 g/mol. The van der Waals surface area contributed by atoms with Crippen molar-refractivity contribution in [2.45, 2.75) is 0 Å². The van der Waals surface area contributed by atoms with Gasteiger partial charge in [-0.2, -0.15) is 5.84 Å². The number of non-ortho nitro benzene ring substituents is 1. The molecule has 1 aromatic rings. The summed E-state index contributed by atoms with van der Waals surface area (Å²) in [5.41, 5.74) is 0.478. The smallest absolute Gasteiger partial charge is 0.258 e. The SMILES string of the molecule is Cl.N[NH2+]c1ccc([N+](=O)[O-])cc1[N+](=O)[O-]. The molecule has 8 nitrogen and oxygen atoms in total. The Morgan fingerprint density at radius 1 is 1.20 bits per heavy atom. The van der Waals surface area contributed by atoms with Crippen molar-refractivity contribution in [2.75, 3.05) is 0 Å². The van der Waals surface area contributed by atoms with Gasteiger partial charge in [0, 0.05) is 12.1 Å². The number of hydrogen-bond acceptors (Lipinski definition) is 5. The van der Waals surface area contributed by atoms with Crippen LogP contribution in [0.2, 0.25) is 0 Å². The van der Waals surface area contributed by atoms with Crippen LogP contribution in [0.4, 0.5) is 17.1 Å². The van der Waals surface area contributed by atoms with Crippen LogP contribution >= 0.6 is 12.4 Å². The topological polar surface area (TPSA) is 129 Å². The van der Waals surface area contributed by atoms with E-state index in [0.717, 1.165) is 17.6 Å². The summed E-state index contributed by atoms with van der Waals surface area (Å²) in [6, 6.07) is 3.26. The Hall–Kier alpha value is -1.77. The second kappa shape index (κ2) is 5.20. The van der Waals surface area contributed by atoms with E-state index in [2.05, 4.69) is 0 Å². The fourth-order valence-corrected chi connectivity index (χ4v) is 0.945. The number of nitro groups is 2. The van der Waals surface area contributed by atoms with Crippen LogP contribution in [-0.4, -0.2) is 9.85 Å². The second-order valence-corrected chi connectivity index (χ2v) is 2.42. The Bertz CT molecular complexity index is 397. The van der Waals surface area contributed by atoms with E-state index in [4.69, 9.17) is 5.84 Å². The number of halogens is 1. The average molecular weight is 236 g/mol. The Morgan fingerprint density at radius 3 is 2.20 bits per heavy atom. The monoisotopic (exact) mass is 235 g/mol. The van der Waals surface area contributed by atoms with E-state index >= 15 is 0 Å². The van der Waals surface area contributed by atoms with Gasteiger partial charge in [0.25, 0.3) is 5.69 Å². The van der Waals surface area contributed by atoms with Crippen molar-refractivity contribution < 1.29 is 15.3 Å². The van der Waals surface area contributed by atoms with Gasteiger partial charge in [-0.3, -0.25) is 20.2 Å². The van der Waals surface area contributed by atoms with E-state index < -0.39 is 9.85 Å². The van der Waals surface area contributed by atoms with Gasteiger partial charge in [0.1, 0.15) is 6.07 Å². The fraction of sp³-hybridized carbons (Fsp3) is 0. The molecule has 0 unspecified atom stereocenters. The fourth-order valence-electron chi connectivity index (χ4n) is 0.945. The number of hydrogen-bond donors (Lipinski definition) is 2. The summed E-state index contributed by atoms with van der Waals surface area (Å²) in [7, 11) is 0. The number of nitrogens with zero attached hydrogens (tertiary/aromatic N) is 2. The molecule has 9 heteroatoms. The molecule has 0 aliphatic heterocycles. The molecule has 1 aromatic carbocycles. The van der Waals surface area contributed by atoms with E-state index in [0.29, 0.717) is 0 Å². The lowest BCUT2D eigenvalue weighted by Gasteiger charge is -1.96. The molecule has 0 spiro atoms. The first-order valence-corrected chi connectivity index (χ1v) is 3.54. The lowest BCUT2D eigenvalue weighted by Crippen LogP contribution is -2.85. The summed E-state index contributed by atoms with van der Waals surface area (Å²) in [5, 5.41) is 20.8. The molecule has 15 heavy (non-hydrogen) atoms. The quantitative estimate of drug-likeness (QED) is 0.329. The molecule has 0 bridgehead atoms. The van der Waals surface area contributed by atoms with Crippen molar-refractivity contribution in [1.29, 1.82) is 0 Å². The average Bonchev–Trinajstić information content (AvgIpc) is 2.16. The summed E-state index contributed by atoms with van der Waals surface area (Å²) in [6.07, 6.45) is 0. The highest BCUT2D eigenvalue weighted by molar-refractivity contribution is 5.85. The molecule has 0 aliphatic carbocycles. The molecule has 1 rings (SSSR count). The first kappa shape index (κ1) is 13.2. The molecular formula is C6H8ClN4O4+. The normalized spacial score (nSPS) is 9.13. The minimum atomic E-state index is -0.717. The third-order valence-corrected chi connectivity index (χ3v) is 1.60. The lowest BCUT2D eigenvalue weighted by atomic mass is 10.2. The van der Waals surface area contributed by atoms with Crippen LogP contribution in [0.15, 0.2) is 18.2 Å². The maximum Gasteiger partial charge on any atom is 0.337 e. The zero-order valence-corrected chi connectivity index (χ0v) is 8.14. The predicted molar refractivity (Wildman–Crippen MR) is 52.8 cm³/mol. The van der Waals surface area contributed by atoms with E-state index in [9.17, 15) is 20.2 Å². The highest BCUT2D eigenvalue weighted by atomic mass is 35.5. The maximum absolute atomic E-state index is 10.5. The molecule has 0 saturated carbocycles. The van der Waals surface area contributed by atoms with Gasteiger partial charge >= 0.3 is 5.69 Å². The van der Waals surface area contributed by atoms with Gasteiger partial charge in [0.2, 0.25) is 5.69 Å². The third-order valence-electron chi connectivity index (χ3n) is 1.60. The largest absolute Gasteiger partial charge is 0.337 e. The summed E-state index contributed by atoms with van der Waals surface area (Å²) < 4.78 is 0. The predicted octanol–water partition coefficient (Wildman–Crippen LogP) is -0.00660. The molecule has 0 amide bonds. The van der Waals surface area contributed by atoms with Crippen molar-refractivity contribution in [3.8, 4) is 0 Å². The van der Waals surface area contributed by atoms with Gasteiger partial charge in [-0.05, 0) is 0 Å². The maximum atomic E-state index is 10.5. The summed E-state index contributed by atoms with van der Waals surface area (Å²) in [4.78, 5) is 19.4. The van der Waals surface area contributed by atoms with Crippen LogP contribution in [0.3, 0.4) is 0 Å². The van der Waals surface area contributed by atoms with E-state index in [-0.39, 0.29) is 29.5 Å². The highest BCUT2D eigenvalue weighted by Gasteiger charge is 2.21. The van der Waals surface area contributed by atoms with Crippen LogP contribution in [0, 0.1) is 20.2 Å². The second-order valence-electron chi connectivity index (χ2n) is 2.42. The molecule has 82 valence electrons. The van der Waals surface area contributed by atoms with Crippen molar-refractivity contribution in [1.82, 2.24) is 0 Å². The molecule has 0 heterocycles. The van der Waals surface area contributed by atoms with Gasteiger partial charge in [-0.1, -0.05) is 0 Å². The van der Waals surface area contributed by atoms with Crippen molar-refractivity contribution >= 4 is 29.5 Å². The first-order valence-electron chi connectivity index (χ1n) is 3.54. The Labute approximate surface area is 89.8 Å². The minimum Gasteiger partial charge on any atom is -0.258 e. The molecule has 0 aliphatic rings. The number of nitrogens with two attached hydrogens (primary N) is 2. The van der Waals surface area contributed by atoms with Crippen LogP contribution < -0.4 is 11.3 Å². The van der Waals surface area contributed by atoms with Crippen molar-refractivity contribution in [3.63, 3.8) is 0 Å². The van der Waals surface area contributed by atoms with E-state index in [1.807, 2.05) is 0 Å². The molecule has 0 saturated heterocycles. The number of rotatable bonds is 3. The number of benzene rings is 1. The van der Waals surface area contributed by atoms with Gasteiger partial charge < -0.3 is 0 Å². The number of nitro benzene ring substituents is 2. The zero-order chi connectivity index (χ0) is 10.7. The molecule has 0 aromatic heterocycles. The summed E-state index contributed by atoms with van der Waals surface area (Å²) in [6.45, 7) is 0. The van der Waals surface area contributed by atoms with Crippen LogP contribution in [0.5, 0.6) is 0 Å².